The highest BCUT2D eigenvalue weighted by Crippen LogP contribution is 2.30. The number of nitrogens with one attached hydrogen (secondary N) is 1. The molecule has 3 rings (SSSR count). The molecule has 1 aliphatic heterocycles. The van der Waals surface area contributed by atoms with Crippen molar-refractivity contribution in [3.63, 3.8) is 0 Å². The zero-order valence-electron chi connectivity index (χ0n) is 17.7. The summed E-state index contributed by atoms with van der Waals surface area (Å²) in [6.45, 7) is 0.508. The number of nitro benzene ring substituents is 1. The van der Waals surface area contributed by atoms with Crippen LogP contribution in [0.5, 0.6) is 11.5 Å². The fourth-order valence-corrected chi connectivity index (χ4v) is 4.94. The van der Waals surface area contributed by atoms with E-state index in [1.54, 1.807) is 0 Å². The van der Waals surface area contributed by atoms with E-state index in [0.717, 1.165) is 25.7 Å². The van der Waals surface area contributed by atoms with Gasteiger partial charge < -0.3 is 14.8 Å². The van der Waals surface area contributed by atoms with Gasteiger partial charge in [-0.05, 0) is 37.1 Å². The van der Waals surface area contributed by atoms with E-state index in [2.05, 4.69) is 5.32 Å². The van der Waals surface area contributed by atoms with Crippen molar-refractivity contribution in [3.8, 4) is 11.5 Å². The molecule has 11 heteroatoms. The van der Waals surface area contributed by atoms with Crippen LogP contribution >= 0.6 is 0 Å². The summed E-state index contributed by atoms with van der Waals surface area (Å²) in [6, 6.07) is 9.78. The number of non-ortho nitro benzene ring substituents is 1. The lowest BCUT2D eigenvalue weighted by atomic mass is 10.2. The van der Waals surface area contributed by atoms with Gasteiger partial charge in [-0.1, -0.05) is 18.9 Å². The van der Waals surface area contributed by atoms with E-state index >= 15 is 0 Å². The summed E-state index contributed by atoms with van der Waals surface area (Å²) in [5.74, 6) is -0.110. The Bertz CT molecular complexity index is 1080. The largest absolute Gasteiger partial charge is 0.495 e. The number of hydrogen-bond acceptors (Lipinski definition) is 7. The van der Waals surface area contributed by atoms with Gasteiger partial charge in [0.25, 0.3) is 11.6 Å². The molecule has 1 saturated heterocycles. The summed E-state index contributed by atoms with van der Waals surface area (Å²) in [4.78, 5) is 22.8. The Labute approximate surface area is 186 Å². The van der Waals surface area contributed by atoms with Gasteiger partial charge in [-0.25, -0.2) is 8.42 Å². The Morgan fingerprint density at radius 1 is 1.12 bits per heavy atom. The van der Waals surface area contributed by atoms with Crippen molar-refractivity contribution >= 4 is 27.3 Å². The molecule has 0 bridgehead atoms. The van der Waals surface area contributed by atoms with Crippen LogP contribution in [0.2, 0.25) is 0 Å². The van der Waals surface area contributed by atoms with Gasteiger partial charge in [-0.15, -0.1) is 0 Å². The molecule has 2 aromatic rings. The fraction of sp³-hybridized carbons (Fsp3) is 0.381. The number of methoxy groups -OCH3 is 1. The first-order valence-corrected chi connectivity index (χ1v) is 11.6. The minimum Gasteiger partial charge on any atom is -0.495 e. The average molecular weight is 464 g/mol. The van der Waals surface area contributed by atoms with Crippen molar-refractivity contribution in [1.82, 2.24) is 4.31 Å². The van der Waals surface area contributed by atoms with E-state index in [4.69, 9.17) is 9.47 Å². The maximum atomic E-state index is 13.1. The zero-order valence-corrected chi connectivity index (χ0v) is 18.5. The highest BCUT2D eigenvalue weighted by molar-refractivity contribution is 7.89. The number of anilines is 1. The van der Waals surface area contributed by atoms with Crippen LogP contribution in [0.4, 0.5) is 11.4 Å². The molecule has 10 nitrogen and oxygen atoms in total. The second-order valence-corrected chi connectivity index (χ2v) is 9.21. The van der Waals surface area contributed by atoms with Crippen LogP contribution < -0.4 is 14.8 Å². The molecule has 0 unspecified atom stereocenters. The van der Waals surface area contributed by atoms with Crippen molar-refractivity contribution in [2.75, 3.05) is 32.1 Å². The van der Waals surface area contributed by atoms with Crippen molar-refractivity contribution < 1.29 is 27.6 Å². The van der Waals surface area contributed by atoms with Gasteiger partial charge in [0.15, 0.2) is 6.61 Å². The molecular weight excluding hydrogens is 438 g/mol. The molecule has 0 spiro atoms. The predicted molar refractivity (Wildman–Crippen MR) is 117 cm³/mol. The minimum absolute atomic E-state index is 0.0649. The van der Waals surface area contributed by atoms with Gasteiger partial charge >= 0.3 is 0 Å². The van der Waals surface area contributed by atoms with Crippen molar-refractivity contribution in [1.29, 1.82) is 0 Å². The number of hydrogen-bond donors (Lipinski definition) is 1. The quantitative estimate of drug-likeness (QED) is 0.470. The second-order valence-electron chi connectivity index (χ2n) is 7.27. The fourth-order valence-electron chi connectivity index (χ4n) is 3.40. The third-order valence-corrected chi connectivity index (χ3v) is 6.94. The summed E-state index contributed by atoms with van der Waals surface area (Å²) in [5.41, 5.74) is 0.0343. The molecule has 1 fully saturated rings. The van der Waals surface area contributed by atoms with Crippen LogP contribution in [0.25, 0.3) is 0 Å². The predicted octanol–water partition coefficient (Wildman–Crippen LogP) is 3.19. The first-order valence-electron chi connectivity index (χ1n) is 10.2. The van der Waals surface area contributed by atoms with Gasteiger partial charge in [0.2, 0.25) is 10.0 Å². The van der Waals surface area contributed by atoms with Crippen molar-refractivity contribution in [2.45, 2.75) is 30.6 Å². The van der Waals surface area contributed by atoms with Crippen LogP contribution in [-0.2, 0) is 14.8 Å². The van der Waals surface area contributed by atoms with E-state index in [-0.39, 0.29) is 22.0 Å². The maximum Gasteiger partial charge on any atom is 0.273 e. The molecule has 1 amide bonds. The molecule has 32 heavy (non-hydrogen) atoms. The van der Waals surface area contributed by atoms with Gasteiger partial charge in [0.1, 0.15) is 11.5 Å². The molecular formula is C21H25N3O7S. The molecule has 1 N–H and O–H groups in total. The van der Waals surface area contributed by atoms with Crippen LogP contribution in [0, 0.1) is 10.1 Å². The van der Waals surface area contributed by atoms with E-state index < -0.39 is 27.5 Å². The second kappa shape index (κ2) is 10.4. The molecule has 1 aliphatic rings. The summed E-state index contributed by atoms with van der Waals surface area (Å²) < 4.78 is 38.2. The number of carbonyl (C=O) groups is 1. The maximum absolute atomic E-state index is 13.1. The highest BCUT2D eigenvalue weighted by Gasteiger charge is 2.26. The average Bonchev–Trinajstić information content (AvgIpc) is 3.08. The molecule has 172 valence electrons. The lowest BCUT2D eigenvalue weighted by molar-refractivity contribution is -0.384. The standard InChI is InChI=1S/C21H25N3O7S/c1-30-20-10-9-18(32(28,29)23-11-4-2-3-5-12-23)14-19(20)22-21(25)15-31-17-8-6-7-16(13-17)24(26)27/h6-10,13-14H,2-5,11-12,15H2,1H3,(H,22,25). The molecule has 2 aromatic carbocycles. The Morgan fingerprint density at radius 2 is 1.84 bits per heavy atom. The molecule has 1 heterocycles. The van der Waals surface area contributed by atoms with Crippen LogP contribution in [-0.4, -0.2) is 50.4 Å². The summed E-state index contributed by atoms with van der Waals surface area (Å²) in [6.07, 6.45) is 3.63. The molecule has 0 atom stereocenters. The van der Waals surface area contributed by atoms with Gasteiger partial charge in [-0.2, -0.15) is 4.31 Å². The highest BCUT2D eigenvalue weighted by atomic mass is 32.2. The van der Waals surface area contributed by atoms with Crippen LogP contribution in [0.15, 0.2) is 47.4 Å². The topological polar surface area (TPSA) is 128 Å². The number of amides is 1. The molecule has 0 radical (unpaired) electrons. The normalized spacial score (nSPS) is 14.9. The Hall–Kier alpha value is -3.18. The lowest BCUT2D eigenvalue weighted by Crippen LogP contribution is -2.32. The number of rotatable bonds is 8. The number of sulfonamides is 1. The van der Waals surface area contributed by atoms with E-state index in [1.807, 2.05) is 0 Å². The number of nitro groups is 1. The van der Waals surface area contributed by atoms with Gasteiger partial charge in [0, 0.05) is 19.2 Å². The van der Waals surface area contributed by atoms with Crippen molar-refractivity contribution in [3.05, 3.63) is 52.6 Å². The van der Waals surface area contributed by atoms with E-state index in [0.29, 0.717) is 18.8 Å². The smallest absolute Gasteiger partial charge is 0.273 e. The number of benzene rings is 2. The number of ether oxygens (including phenoxy) is 2. The lowest BCUT2D eigenvalue weighted by Gasteiger charge is -2.21. The van der Waals surface area contributed by atoms with Gasteiger partial charge in [0.05, 0.1) is 28.7 Å². The summed E-state index contributed by atoms with van der Waals surface area (Å²) in [7, 11) is -2.30. The van der Waals surface area contributed by atoms with Crippen LogP contribution in [0.1, 0.15) is 25.7 Å². The number of carbonyl (C=O) groups excluding carboxylic acids is 1. The first-order chi connectivity index (χ1) is 15.3. The Kier molecular flexibility index (Phi) is 7.65. The monoisotopic (exact) mass is 463 g/mol. The Balaban J connectivity index is 1.73. The minimum atomic E-state index is -3.71. The van der Waals surface area contributed by atoms with E-state index in [9.17, 15) is 23.3 Å². The SMILES string of the molecule is COc1ccc(S(=O)(=O)N2CCCCCC2)cc1NC(=O)COc1cccc([N+](=O)[O-])c1. The number of nitrogens with zero attached hydrogens (tertiary/aromatic N) is 2. The third kappa shape index (κ3) is 5.74. The third-order valence-electron chi connectivity index (χ3n) is 5.05. The van der Waals surface area contributed by atoms with Crippen LogP contribution in [0.3, 0.4) is 0 Å². The van der Waals surface area contributed by atoms with E-state index in [1.165, 1.54) is 53.9 Å². The first kappa shape index (κ1) is 23.5. The molecule has 0 aliphatic carbocycles. The molecule has 0 saturated carbocycles. The summed E-state index contributed by atoms with van der Waals surface area (Å²) >= 11 is 0. The van der Waals surface area contributed by atoms with Gasteiger partial charge in [-0.3, -0.25) is 14.9 Å². The summed E-state index contributed by atoms with van der Waals surface area (Å²) in [5, 5.41) is 13.4. The Morgan fingerprint density at radius 3 is 2.50 bits per heavy atom. The molecule has 0 aromatic heterocycles. The van der Waals surface area contributed by atoms with Crippen molar-refractivity contribution in [2.24, 2.45) is 0 Å². The zero-order chi connectivity index (χ0) is 23.1.